The molecular formula is C13H22N2O3. The summed E-state index contributed by atoms with van der Waals surface area (Å²) in [6, 6.07) is 0.188. The summed E-state index contributed by atoms with van der Waals surface area (Å²) >= 11 is 0. The highest BCUT2D eigenvalue weighted by Gasteiger charge is 2.36. The third-order valence-corrected chi connectivity index (χ3v) is 3.37. The molecular weight excluding hydrogens is 232 g/mol. The van der Waals surface area contributed by atoms with Crippen molar-refractivity contribution in [3.05, 3.63) is 0 Å². The van der Waals surface area contributed by atoms with Gasteiger partial charge in [0, 0.05) is 26.1 Å². The zero-order valence-corrected chi connectivity index (χ0v) is 11.4. The van der Waals surface area contributed by atoms with Crippen LogP contribution in [0.5, 0.6) is 0 Å². The van der Waals surface area contributed by atoms with Gasteiger partial charge in [0.2, 0.25) is 5.91 Å². The first kappa shape index (κ1) is 13.2. The van der Waals surface area contributed by atoms with Crippen molar-refractivity contribution in [2.24, 2.45) is 0 Å². The van der Waals surface area contributed by atoms with Crippen LogP contribution in [0.1, 0.15) is 40.0 Å². The Morgan fingerprint density at radius 3 is 2.61 bits per heavy atom. The topological polar surface area (TPSA) is 49.9 Å². The Hall–Kier alpha value is -1.26. The average Bonchev–Trinajstić information content (AvgIpc) is 2.82. The van der Waals surface area contributed by atoms with Crippen LogP contribution >= 0.6 is 0 Å². The Morgan fingerprint density at radius 1 is 1.33 bits per heavy atom. The number of hydrogen-bond acceptors (Lipinski definition) is 3. The fourth-order valence-corrected chi connectivity index (χ4v) is 2.54. The maximum Gasteiger partial charge on any atom is 0.410 e. The Labute approximate surface area is 108 Å². The van der Waals surface area contributed by atoms with E-state index in [4.69, 9.17) is 4.74 Å². The number of ether oxygens (including phenoxy) is 1. The quantitative estimate of drug-likeness (QED) is 0.714. The van der Waals surface area contributed by atoms with Crippen molar-refractivity contribution in [3.8, 4) is 0 Å². The molecule has 0 aromatic rings. The summed E-state index contributed by atoms with van der Waals surface area (Å²) < 4.78 is 5.34. The van der Waals surface area contributed by atoms with Crippen LogP contribution in [0.3, 0.4) is 0 Å². The van der Waals surface area contributed by atoms with E-state index in [1.165, 1.54) is 0 Å². The molecule has 1 atom stereocenters. The maximum atomic E-state index is 11.9. The van der Waals surface area contributed by atoms with Gasteiger partial charge in [0.05, 0.1) is 6.04 Å². The van der Waals surface area contributed by atoms with E-state index in [1.54, 1.807) is 4.90 Å². The van der Waals surface area contributed by atoms with Crippen LogP contribution in [0.15, 0.2) is 0 Å². The molecule has 0 saturated carbocycles. The molecule has 5 nitrogen and oxygen atoms in total. The second-order valence-corrected chi connectivity index (χ2v) is 6.06. The summed E-state index contributed by atoms with van der Waals surface area (Å²) in [6.45, 7) is 7.73. The van der Waals surface area contributed by atoms with Crippen LogP contribution in [0.25, 0.3) is 0 Å². The zero-order chi connectivity index (χ0) is 13.3. The minimum Gasteiger partial charge on any atom is -0.444 e. The second-order valence-electron chi connectivity index (χ2n) is 6.06. The van der Waals surface area contributed by atoms with Crippen LogP contribution in [-0.4, -0.2) is 53.1 Å². The molecule has 2 amide bonds. The predicted octanol–water partition coefficient (Wildman–Crippen LogP) is 1.62. The molecule has 0 bridgehead atoms. The summed E-state index contributed by atoms with van der Waals surface area (Å²) in [6.07, 6.45) is 2.20. The summed E-state index contributed by atoms with van der Waals surface area (Å²) in [5, 5.41) is 0. The van der Waals surface area contributed by atoms with Crippen molar-refractivity contribution in [1.29, 1.82) is 0 Å². The molecule has 0 aromatic heterocycles. The van der Waals surface area contributed by atoms with Gasteiger partial charge in [0.1, 0.15) is 5.60 Å². The average molecular weight is 254 g/mol. The number of carbonyl (C=O) groups is 2. The van der Waals surface area contributed by atoms with E-state index in [2.05, 4.69) is 0 Å². The van der Waals surface area contributed by atoms with Gasteiger partial charge in [0.25, 0.3) is 0 Å². The number of rotatable bonds is 1. The van der Waals surface area contributed by atoms with Gasteiger partial charge < -0.3 is 14.5 Å². The first-order valence-electron chi connectivity index (χ1n) is 6.64. The molecule has 2 aliphatic rings. The smallest absolute Gasteiger partial charge is 0.410 e. The van der Waals surface area contributed by atoms with Gasteiger partial charge in [0.15, 0.2) is 0 Å². The van der Waals surface area contributed by atoms with Crippen LogP contribution in [0.4, 0.5) is 4.79 Å². The molecule has 2 saturated heterocycles. The highest BCUT2D eigenvalue weighted by molar-refractivity contribution is 5.78. The summed E-state index contributed by atoms with van der Waals surface area (Å²) in [4.78, 5) is 27.2. The monoisotopic (exact) mass is 254 g/mol. The molecule has 2 rings (SSSR count). The minimum absolute atomic E-state index is 0.188. The third kappa shape index (κ3) is 2.94. The SMILES string of the molecule is CC(C)(C)OC(=O)N1CCC(N2CCCC2=O)C1. The first-order valence-corrected chi connectivity index (χ1v) is 6.64. The van der Waals surface area contributed by atoms with Crippen LogP contribution < -0.4 is 0 Å². The second kappa shape index (κ2) is 4.78. The lowest BCUT2D eigenvalue weighted by atomic mass is 10.2. The van der Waals surface area contributed by atoms with Crippen molar-refractivity contribution < 1.29 is 14.3 Å². The number of amides is 2. The molecule has 0 aromatic carbocycles. The van der Waals surface area contributed by atoms with Gasteiger partial charge in [-0.15, -0.1) is 0 Å². The predicted molar refractivity (Wildman–Crippen MR) is 67.2 cm³/mol. The molecule has 1 unspecified atom stereocenters. The number of nitrogens with zero attached hydrogens (tertiary/aromatic N) is 2. The Bertz CT molecular complexity index is 349. The van der Waals surface area contributed by atoms with Gasteiger partial charge in [-0.05, 0) is 33.6 Å². The molecule has 2 aliphatic heterocycles. The summed E-state index contributed by atoms with van der Waals surface area (Å²) in [5.41, 5.74) is -0.460. The number of likely N-dealkylation sites (tertiary alicyclic amines) is 2. The fourth-order valence-electron chi connectivity index (χ4n) is 2.54. The van der Waals surface area contributed by atoms with Gasteiger partial charge in [-0.25, -0.2) is 4.79 Å². The third-order valence-electron chi connectivity index (χ3n) is 3.37. The van der Waals surface area contributed by atoms with Gasteiger partial charge in [-0.1, -0.05) is 0 Å². The lowest BCUT2D eigenvalue weighted by Gasteiger charge is -2.26. The molecule has 0 radical (unpaired) electrons. The largest absolute Gasteiger partial charge is 0.444 e. The lowest BCUT2D eigenvalue weighted by molar-refractivity contribution is -0.129. The van der Waals surface area contributed by atoms with E-state index in [0.29, 0.717) is 19.5 Å². The van der Waals surface area contributed by atoms with E-state index in [9.17, 15) is 9.59 Å². The standard InChI is InChI=1S/C13H22N2O3/c1-13(2,3)18-12(17)14-8-6-10(9-14)15-7-4-5-11(15)16/h10H,4-9H2,1-3H3. The van der Waals surface area contributed by atoms with Crippen LogP contribution in [-0.2, 0) is 9.53 Å². The number of carbonyl (C=O) groups excluding carboxylic acids is 2. The van der Waals surface area contributed by atoms with Gasteiger partial charge in [-0.2, -0.15) is 0 Å². The molecule has 0 spiro atoms. The molecule has 2 fully saturated rings. The van der Waals surface area contributed by atoms with Gasteiger partial charge in [-0.3, -0.25) is 4.79 Å². The molecule has 5 heteroatoms. The molecule has 2 heterocycles. The summed E-state index contributed by atoms with van der Waals surface area (Å²) in [5.74, 6) is 0.228. The van der Waals surface area contributed by atoms with E-state index < -0.39 is 5.60 Å². The molecule has 18 heavy (non-hydrogen) atoms. The lowest BCUT2D eigenvalue weighted by Crippen LogP contribution is -2.40. The van der Waals surface area contributed by atoms with Gasteiger partial charge >= 0.3 is 6.09 Å². The van der Waals surface area contributed by atoms with Crippen molar-refractivity contribution in [2.45, 2.75) is 51.7 Å². The maximum absolute atomic E-state index is 11.9. The van der Waals surface area contributed by atoms with Crippen molar-refractivity contribution in [3.63, 3.8) is 0 Å². The van der Waals surface area contributed by atoms with Crippen LogP contribution in [0.2, 0.25) is 0 Å². The normalized spacial score (nSPS) is 24.8. The molecule has 102 valence electrons. The minimum atomic E-state index is -0.460. The van der Waals surface area contributed by atoms with E-state index in [1.807, 2.05) is 25.7 Å². The summed E-state index contributed by atoms with van der Waals surface area (Å²) in [7, 11) is 0. The number of hydrogen-bond donors (Lipinski definition) is 0. The Kier molecular flexibility index (Phi) is 3.50. The van der Waals surface area contributed by atoms with E-state index in [0.717, 1.165) is 19.4 Å². The zero-order valence-electron chi connectivity index (χ0n) is 11.4. The molecule has 0 aliphatic carbocycles. The Morgan fingerprint density at radius 2 is 2.06 bits per heavy atom. The highest BCUT2D eigenvalue weighted by atomic mass is 16.6. The molecule has 0 N–H and O–H groups in total. The Balaban J connectivity index is 1.88. The first-order chi connectivity index (χ1) is 8.37. The van der Waals surface area contributed by atoms with Crippen molar-refractivity contribution >= 4 is 12.0 Å². The van der Waals surface area contributed by atoms with Crippen LogP contribution in [0, 0.1) is 0 Å². The van der Waals surface area contributed by atoms with E-state index in [-0.39, 0.29) is 18.0 Å². The fraction of sp³-hybridized carbons (Fsp3) is 0.846. The van der Waals surface area contributed by atoms with Crippen molar-refractivity contribution in [2.75, 3.05) is 19.6 Å². The van der Waals surface area contributed by atoms with E-state index >= 15 is 0 Å². The van der Waals surface area contributed by atoms with Crippen molar-refractivity contribution in [1.82, 2.24) is 9.80 Å². The highest BCUT2D eigenvalue weighted by Crippen LogP contribution is 2.22.